The molecule has 4 heteroatoms. The number of fused-ring (bicyclic) bond motifs is 1. The highest BCUT2D eigenvalue weighted by Crippen LogP contribution is 2.37. The molecule has 4 nitrogen and oxygen atoms in total. The number of methoxy groups -OCH3 is 1. The Balaban J connectivity index is 2.33. The van der Waals surface area contributed by atoms with E-state index in [1.807, 2.05) is 12.1 Å². The first kappa shape index (κ1) is 13.9. The summed E-state index contributed by atoms with van der Waals surface area (Å²) >= 11 is 0. The fourth-order valence-electron chi connectivity index (χ4n) is 2.45. The number of nitrogens with one attached hydrogen (secondary N) is 1. The molecule has 1 aromatic rings. The lowest BCUT2D eigenvalue weighted by atomic mass is 10.0. The van der Waals surface area contributed by atoms with Crippen LogP contribution in [0.3, 0.4) is 0 Å². The van der Waals surface area contributed by atoms with Gasteiger partial charge in [-0.2, -0.15) is 0 Å². The van der Waals surface area contributed by atoms with Crippen LogP contribution in [0.15, 0.2) is 24.8 Å². The van der Waals surface area contributed by atoms with Gasteiger partial charge < -0.3 is 20.5 Å². The molecule has 2 rings (SSSR count). The van der Waals surface area contributed by atoms with E-state index >= 15 is 0 Å². The summed E-state index contributed by atoms with van der Waals surface area (Å²) in [6, 6.07) is 4.15. The molecule has 0 amide bonds. The number of ether oxygens (including phenoxy) is 2. The summed E-state index contributed by atoms with van der Waals surface area (Å²) in [5.74, 6) is 1.81. The van der Waals surface area contributed by atoms with Gasteiger partial charge >= 0.3 is 0 Å². The maximum atomic E-state index is 5.85. The van der Waals surface area contributed by atoms with Crippen LogP contribution in [0.4, 0.5) is 0 Å². The summed E-state index contributed by atoms with van der Waals surface area (Å²) in [7, 11) is 1.69. The van der Waals surface area contributed by atoms with E-state index in [-0.39, 0.29) is 12.1 Å². The molecule has 0 radical (unpaired) electrons. The Labute approximate surface area is 114 Å². The molecule has 1 aromatic carbocycles. The topological polar surface area (TPSA) is 56.5 Å². The Kier molecular flexibility index (Phi) is 4.45. The molecule has 3 N–H and O–H groups in total. The average molecular weight is 262 g/mol. The molecule has 1 heterocycles. The molecule has 0 fully saturated rings. The van der Waals surface area contributed by atoms with Crippen molar-refractivity contribution in [3.8, 4) is 11.5 Å². The van der Waals surface area contributed by atoms with Crippen LogP contribution in [0.25, 0.3) is 0 Å². The summed E-state index contributed by atoms with van der Waals surface area (Å²) in [5.41, 5.74) is 8.09. The summed E-state index contributed by atoms with van der Waals surface area (Å²) in [4.78, 5) is 0. The molecular formula is C15H22N2O2. The Bertz CT molecular complexity index is 460. The minimum absolute atomic E-state index is 0.0396. The molecule has 1 aliphatic rings. The SMILES string of the molecule is C=CCNC(CN)c1cc2c(cc1OC)CC(C)O2. The maximum absolute atomic E-state index is 5.85. The van der Waals surface area contributed by atoms with E-state index in [0.29, 0.717) is 13.1 Å². The molecule has 19 heavy (non-hydrogen) atoms. The second kappa shape index (κ2) is 6.08. The summed E-state index contributed by atoms with van der Waals surface area (Å²) in [6.45, 7) is 6.99. The van der Waals surface area contributed by atoms with Gasteiger partial charge in [-0.3, -0.25) is 0 Å². The number of hydrogen-bond donors (Lipinski definition) is 2. The lowest BCUT2D eigenvalue weighted by Crippen LogP contribution is -2.28. The van der Waals surface area contributed by atoms with Crippen LogP contribution in [0.5, 0.6) is 11.5 Å². The van der Waals surface area contributed by atoms with E-state index in [1.54, 1.807) is 7.11 Å². The van der Waals surface area contributed by atoms with Crippen molar-refractivity contribution in [1.82, 2.24) is 5.32 Å². The third-order valence-electron chi connectivity index (χ3n) is 3.37. The highest BCUT2D eigenvalue weighted by molar-refractivity contribution is 5.50. The van der Waals surface area contributed by atoms with Crippen molar-refractivity contribution in [2.75, 3.05) is 20.2 Å². The van der Waals surface area contributed by atoms with E-state index in [4.69, 9.17) is 15.2 Å². The summed E-state index contributed by atoms with van der Waals surface area (Å²) in [6.07, 6.45) is 2.98. The lowest BCUT2D eigenvalue weighted by Gasteiger charge is -2.20. The molecule has 1 aliphatic heterocycles. The van der Waals surface area contributed by atoms with E-state index in [1.165, 1.54) is 5.56 Å². The summed E-state index contributed by atoms with van der Waals surface area (Å²) in [5, 5.41) is 3.33. The average Bonchev–Trinajstić information content (AvgIpc) is 2.77. The number of benzene rings is 1. The van der Waals surface area contributed by atoms with E-state index in [9.17, 15) is 0 Å². The lowest BCUT2D eigenvalue weighted by molar-refractivity contribution is 0.254. The van der Waals surface area contributed by atoms with Gasteiger partial charge in [-0.05, 0) is 19.1 Å². The Hall–Kier alpha value is -1.52. The highest BCUT2D eigenvalue weighted by Gasteiger charge is 2.24. The molecule has 0 spiro atoms. The zero-order valence-electron chi connectivity index (χ0n) is 11.6. The van der Waals surface area contributed by atoms with Gasteiger partial charge in [-0.25, -0.2) is 0 Å². The fraction of sp³-hybridized carbons (Fsp3) is 0.467. The predicted molar refractivity (Wildman–Crippen MR) is 76.8 cm³/mol. The quantitative estimate of drug-likeness (QED) is 0.768. The van der Waals surface area contributed by atoms with Crippen LogP contribution >= 0.6 is 0 Å². The first-order valence-corrected chi connectivity index (χ1v) is 6.61. The number of rotatable bonds is 6. The molecule has 0 saturated carbocycles. The molecular weight excluding hydrogens is 240 g/mol. The Morgan fingerprint density at radius 3 is 3.05 bits per heavy atom. The summed E-state index contributed by atoms with van der Waals surface area (Å²) < 4.78 is 11.3. The van der Waals surface area contributed by atoms with E-state index in [0.717, 1.165) is 23.5 Å². The van der Waals surface area contributed by atoms with Crippen molar-refractivity contribution in [2.24, 2.45) is 5.73 Å². The van der Waals surface area contributed by atoms with Crippen LogP contribution in [0, 0.1) is 0 Å². The third-order valence-corrected chi connectivity index (χ3v) is 3.37. The number of hydrogen-bond acceptors (Lipinski definition) is 4. The monoisotopic (exact) mass is 262 g/mol. The van der Waals surface area contributed by atoms with Crippen LogP contribution in [-0.2, 0) is 6.42 Å². The maximum Gasteiger partial charge on any atom is 0.124 e. The van der Waals surface area contributed by atoms with Crippen molar-refractivity contribution in [3.63, 3.8) is 0 Å². The standard InChI is InChI=1S/C15H22N2O2/c1-4-5-17-13(9-16)12-8-14-11(6-10(2)19-14)7-15(12)18-3/h4,7-8,10,13,17H,1,5-6,9,16H2,2-3H3. The molecule has 0 aliphatic carbocycles. The first-order chi connectivity index (χ1) is 9.19. The normalized spacial score (nSPS) is 18.6. The van der Waals surface area contributed by atoms with Crippen molar-refractivity contribution in [2.45, 2.75) is 25.5 Å². The van der Waals surface area contributed by atoms with E-state index < -0.39 is 0 Å². The van der Waals surface area contributed by atoms with Gasteiger partial charge in [0.05, 0.1) is 7.11 Å². The predicted octanol–water partition coefficient (Wildman–Crippen LogP) is 1.79. The first-order valence-electron chi connectivity index (χ1n) is 6.61. The van der Waals surface area contributed by atoms with Crippen molar-refractivity contribution in [3.05, 3.63) is 35.9 Å². The zero-order chi connectivity index (χ0) is 13.8. The van der Waals surface area contributed by atoms with E-state index in [2.05, 4.69) is 24.9 Å². The van der Waals surface area contributed by atoms with Crippen LogP contribution in [0.1, 0.15) is 24.1 Å². The smallest absolute Gasteiger partial charge is 0.124 e. The molecule has 0 bridgehead atoms. The van der Waals surface area contributed by atoms with Crippen LogP contribution in [-0.4, -0.2) is 26.3 Å². The van der Waals surface area contributed by atoms with Gasteiger partial charge in [0.15, 0.2) is 0 Å². The van der Waals surface area contributed by atoms with Crippen LogP contribution < -0.4 is 20.5 Å². The molecule has 0 aromatic heterocycles. The molecule has 2 unspecified atom stereocenters. The minimum atomic E-state index is 0.0396. The highest BCUT2D eigenvalue weighted by atomic mass is 16.5. The van der Waals surface area contributed by atoms with Crippen molar-refractivity contribution >= 4 is 0 Å². The minimum Gasteiger partial charge on any atom is -0.496 e. The fourth-order valence-corrected chi connectivity index (χ4v) is 2.45. The van der Waals surface area contributed by atoms with Gasteiger partial charge in [0.1, 0.15) is 17.6 Å². The van der Waals surface area contributed by atoms with Crippen molar-refractivity contribution < 1.29 is 9.47 Å². The molecule has 104 valence electrons. The largest absolute Gasteiger partial charge is 0.496 e. The second-order valence-electron chi connectivity index (χ2n) is 4.82. The number of nitrogens with two attached hydrogens (primary N) is 1. The zero-order valence-corrected chi connectivity index (χ0v) is 11.6. The van der Waals surface area contributed by atoms with Gasteiger partial charge in [0, 0.05) is 36.7 Å². The third kappa shape index (κ3) is 2.91. The van der Waals surface area contributed by atoms with Gasteiger partial charge in [0.25, 0.3) is 0 Å². The Morgan fingerprint density at radius 1 is 1.63 bits per heavy atom. The van der Waals surface area contributed by atoms with Crippen LogP contribution in [0.2, 0.25) is 0 Å². The van der Waals surface area contributed by atoms with Gasteiger partial charge in [-0.1, -0.05) is 6.08 Å². The van der Waals surface area contributed by atoms with Gasteiger partial charge in [0.2, 0.25) is 0 Å². The van der Waals surface area contributed by atoms with Gasteiger partial charge in [-0.15, -0.1) is 6.58 Å². The Morgan fingerprint density at radius 2 is 2.42 bits per heavy atom. The van der Waals surface area contributed by atoms with Crippen molar-refractivity contribution in [1.29, 1.82) is 0 Å². The molecule has 2 atom stereocenters. The molecule has 0 saturated heterocycles. The second-order valence-corrected chi connectivity index (χ2v) is 4.82.